The lowest BCUT2D eigenvalue weighted by molar-refractivity contribution is -0.142. The van der Waals surface area contributed by atoms with Gasteiger partial charge < -0.3 is 14.8 Å². The van der Waals surface area contributed by atoms with Crippen molar-refractivity contribution in [2.75, 3.05) is 19.7 Å². The minimum absolute atomic E-state index is 0.0994. The van der Waals surface area contributed by atoms with E-state index in [2.05, 4.69) is 5.32 Å². The number of carbonyl (C=O) groups excluding carboxylic acids is 1. The summed E-state index contributed by atoms with van der Waals surface area (Å²) in [6, 6.07) is 0. The van der Waals surface area contributed by atoms with Gasteiger partial charge >= 0.3 is 5.97 Å². The molecule has 4 nitrogen and oxygen atoms in total. The van der Waals surface area contributed by atoms with Gasteiger partial charge in [0.05, 0.1) is 25.2 Å². The molecule has 2 aliphatic rings. The maximum Gasteiger partial charge on any atom is 0.307 e. The standard InChI is InChI=1S/C16H29NO3/c1-2-19-16(18)10-11-17-12-13-6-8-15(9-7-13)20-14-4-3-5-14/h13-15,17H,2-12H2,1H3/t13-,15-. The number of rotatable bonds is 8. The van der Waals surface area contributed by atoms with Gasteiger partial charge in [-0.2, -0.15) is 0 Å². The molecule has 0 aromatic heterocycles. The van der Waals surface area contributed by atoms with Crippen molar-refractivity contribution in [2.24, 2.45) is 5.92 Å². The summed E-state index contributed by atoms with van der Waals surface area (Å²) in [4.78, 5) is 11.2. The maximum absolute atomic E-state index is 11.2. The Morgan fingerprint density at radius 2 is 1.80 bits per heavy atom. The Bertz CT molecular complexity index is 283. The topological polar surface area (TPSA) is 47.6 Å². The van der Waals surface area contributed by atoms with Crippen molar-refractivity contribution in [3.8, 4) is 0 Å². The van der Waals surface area contributed by atoms with Crippen molar-refractivity contribution in [3.05, 3.63) is 0 Å². The quantitative estimate of drug-likeness (QED) is 0.549. The molecule has 2 rings (SSSR count). The highest BCUT2D eigenvalue weighted by Crippen LogP contribution is 2.30. The number of carbonyl (C=O) groups is 1. The monoisotopic (exact) mass is 283 g/mol. The lowest BCUT2D eigenvalue weighted by Gasteiger charge is -2.34. The molecule has 1 N–H and O–H groups in total. The fraction of sp³-hybridized carbons (Fsp3) is 0.938. The second-order valence-corrected chi connectivity index (χ2v) is 6.09. The Morgan fingerprint density at radius 1 is 1.10 bits per heavy atom. The second-order valence-electron chi connectivity index (χ2n) is 6.09. The third kappa shape index (κ3) is 5.41. The first-order chi connectivity index (χ1) is 9.78. The fourth-order valence-electron chi connectivity index (χ4n) is 2.98. The highest BCUT2D eigenvalue weighted by Gasteiger charge is 2.26. The van der Waals surface area contributed by atoms with E-state index in [0.717, 1.165) is 19.0 Å². The van der Waals surface area contributed by atoms with Gasteiger partial charge in [0.15, 0.2) is 0 Å². The van der Waals surface area contributed by atoms with Crippen LogP contribution in [-0.2, 0) is 14.3 Å². The fourth-order valence-corrected chi connectivity index (χ4v) is 2.98. The van der Waals surface area contributed by atoms with Crippen molar-refractivity contribution in [1.82, 2.24) is 5.32 Å². The van der Waals surface area contributed by atoms with E-state index in [1.165, 1.54) is 44.9 Å². The molecule has 0 aliphatic heterocycles. The van der Waals surface area contributed by atoms with Crippen molar-refractivity contribution in [2.45, 2.75) is 70.5 Å². The van der Waals surface area contributed by atoms with Crippen LogP contribution < -0.4 is 5.32 Å². The van der Waals surface area contributed by atoms with Crippen LogP contribution in [0.1, 0.15) is 58.3 Å². The molecule has 0 bridgehead atoms. The second kappa shape index (κ2) is 8.63. The molecule has 0 heterocycles. The van der Waals surface area contributed by atoms with E-state index in [0.29, 0.717) is 25.2 Å². The Morgan fingerprint density at radius 3 is 2.40 bits per heavy atom. The number of hydrogen-bond donors (Lipinski definition) is 1. The summed E-state index contributed by atoms with van der Waals surface area (Å²) >= 11 is 0. The lowest BCUT2D eigenvalue weighted by atomic mass is 9.86. The van der Waals surface area contributed by atoms with E-state index in [4.69, 9.17) is 9.47 Å². The highest BCUT2D eigenvalue weighted by atomic mass is 16.5. The molecule has 0 unspecified atom stereocenters. The Balaban J connectivity index is 1.48. The van der Waals surface area contributed by atoms with Crippen molar-refractivity contribution < 1.29 is 14.3 Å². The van der Waals surface area contributed by atoms with E-state index < -0.39 is 0 Å². The van der Waals surface area contributed by atoms with Crippen LogP contribution in [0.2, 0.25) is 0 Å². The van der Waals surface area contributed by atoms with Gasteiger partial charge in [-0.15, -0.1) is 0 Å². The van der Waals surface area contributed by atoms with E-state index >= 15 is 0 Å². The third-order valence-corrected chi connectivity index (χ3v) is 4.48. The first-order valence-corrected chi connectivity index (χ1v) is 8.29. The van der Waals surface area contributed by atoms with Crippen LogP contribution >= 0.6 is 0 Å². The van der Waals surface area contributed by atoms with Crippen LogP contribution in [0.15, 0.2) is 0 Å². The molecule has 0 aromatic rings. The van der Waals surface area contributed by atoms with E-state index in [1.807, 2.05) is 6.92 Å². The first kappa shape index (κ1) is 15.8. The summed E-state index contributed by atoms with van der Waals surface area (Å²) < 4.78 is 11.0. The summed E-state index contributed by atoms with van der Waals surface area (Å²) in [7, 11) is 0. The number of esters is 1. The lowest BCUT2D eigenvalue weighted by Crippen LogP contribution is -2.33. The molecule has 20 heavy (non-hydrogen) atoms. The molecular formula is C16H29NO3. The maximum atomic E-state index is 11.2. The molecular weight excluding hydrogens is 254 g/mol. The molecule has 2 aliphatic carbocycles. The van der Waals surface area contributed by atoms with Crippen molar-refractivity contribution in [3.63, 3.8) is 0 Å². The Hall–Kier alpha value is -0.610. The summed E-state index contributed by atoms with van der Waals surface area (Å²) in [5.41, 5.74) is 0. The van der Waals surface area contributed by atoms with Gasteiger partial charge in [0.2, 0.25) is 0 Å². The molecule has 0 aromatic carbocycles. The summed E-state index contributed by atoms with van der Waals surface area (Å²) in [6.07, 6.45) is 10.4. The summed E-state index contributed by atoms with van der Waals surface area (Å²) in [6.45, 7) is 4.08. The SMILES string of the molecule is CCOC(=O)CCNC[C@H]1CC[C@H](OC2CCC2)CC1. The summed E-state index contributed by atoms with van der Waals surface area (Å²) in [5.74, 6) is 0.649. The Kier molecular flexibility index (Phi) is 6.80. The van der Waals surface area contributed by atoms with Crippen LogP contribution in [-0.4, -0.2) is 37.9 Å². The predicted octanol–water partition coefficient (Wildman–Crippen LogP) is 2.66. The molecule has 0 spiro atoms. The van der Waals surface area contributed by atoms with E-state index in [-0.39, 0.29) is 5.97 Å². The summed E-state index contributed by atoms with van der Waals surface area (Å²) in [5, 5.41) is 3.38. The number of hydrogen-bond acceptors (Lipinski definition) is 4. The molecule has 0 saturated heterocycles. The zero-order chi connectivity index (χ0) is 14.2. The number of ether oxygens (including phenoxy) is 2. The molecule has 2 fully saturated rings. The van der Waals surface area contributed by atoms with Crippen molar-refractivity contribution >= 4 is 5.97 Å². The van der Waals surface area contributed by atoms with Crippen LogP contribution in [0.3, 0.4) is 0 Å². The van der Waals surface area contributed by atoms with Gasteiger partial charge in [0.25, 0.3) is 0 Å². The average molecular weight is 283 g/mol. The molecule has 0 atom stereocenters. The normalized spacial score (nSPS) is 27.1. The number of nitrogens with one attached hydrogen (secondary N) is 1. The predicted molar refractivity (Wildman–Crippen MR) is 78.6 cm³/mol. The van der Waals surface area contributed by atoms with Gasteiger partial charge in [0, 0.05) is 6.54 Å². The van der Waals surface area contributed by atoms with E-state index in [1.54, 1.807) is 0 Å². The largest absolute Gasteiger partial charge is 0.466 e. The van der Waals surface area contributed by atoms with Gasteiger partial charge in [-0.25, -0.2) is 0 Å². The van der Waals surface area contributed by atoms with Gasteiger partial charge in [-0.3, -0.25) is 4.79 Å². The zero-order valence-corrected chi connectivity index (χ0v) is 12.7. The van der Waals surface area contributed by atoms with Crippen LogP contribution in [0.25, 0.3) is 0 Å². The first-order valence-electron chi connectivity index (χ1n) is 8.29. The highest BCUT2D eigenvalue weighted by molar-refractivity contribution is 5.69. The van der Waals surface area contributed by atoms with Crippen molar-refractivity contribution in [1.29, 1.82) is 0 Å². The van der Waals surface area contributed by atoms with Crippen LogP contribution in [0.4, 0.5) is 0 Å². The third-order valence-electron chi connectivity index (χ3n) is 4.48. The minimum atomic E-state index is -0.0994. The van der Waals surface area contributed by atoms with Gasteiger partial charge in [-0.1, -0.05) is 0 Å². The van der Waals surface area contributed by atoms with Crippen LogP contribution in [0, 0.1) is 5.92 Å². The van der Waals surface area contributed by atoms with Crippen LogP contribution in [0.5, 0.6) is 0 Å². The zero-order valence-electron chi connectivity index (χ0n) is 12.7. The van der Waals surface area contributed by atoms with Gasteiger partial charge in [-0.05, 0) is 64.3 Å². The van der Waals surface area contributed by atoms with E-state index in [9.17, 15) is 4.79 Å². The molecule has 116 valence electrons. The molecule has 0 radical (unpaired) electrons. The smallest absolute Gasteiger partial charge is 0.307 e. The molecule has 0 amide bonds. The van der Waals surface area contributed by atoms with Gasteiger partial charge in [0.1, 0.15) is 0 Å². The molecule has 2 saturated carbocycles. The minimum Gasteiger partial charge on any atom is -0.466 e. The molecule has 4 heteroatoms. The average Bonchev–Trinajstić information content (AvgIpc) is 2.41. The Labute approximate surface area is 122 Å².